The second-order valence-electron chi connectivity index (χ2n) is 4.84. The highest BCUT2D eigenvalue weighted by Gasteiger charge is 2.01. The van der Waals surface area contributed by atoms with Gasteiger partial charge in [-0.3, -0.25) is 0 Å². The van der Waals surface area contributed by atoms with Gasteiger partial charge in [0, 0.05) is 18.1 Å². The molecule has 0 fully saturated rings. The zero-order chi connectivity index (χ0) is 15.8. The van der Waals surface area contributed by atoms with Crippen LogP contribution in [-0.2, 0) is 13.0 Å². The van der Waals surface area contributed by atoms with Gasteiger partial charge in [-0.2, -0.15) is 0 Å². The monoisotopic (exact) mass is 318 g/mol. The summed E-state index contributed by atoms with van der Waals surface area (Å²) in [6, 6.07) is 15.0. The molecule has 0 aliphatic rings. The Balaban J connectivity index is 1.70. The normalized spacial score (nSPS) is 10.1. The maximum Gasteiger partial charge on any atom is 0.315 e. The molecule has 0 radical (unpaired) electrons. The smallest absolute Gasteiger partial charge is 0.315 e. The third-order valence-corrected chi connectivity index (χ3v) is 3.45. The van der Waals surface area contributed by atoms with Crippen molar-refractivity contribution in [2.75, 3.05) is 13.7 Å². The third kappa shape index (κ3) is 5.30. The van der Waals surface area contributed by atoms with E-state index >= 15 is 0 Å². The molecule has 0 heterocycles. The summed E-state index contributed by atoms with van der Waals surface area (Å²) < 4.78 is 5.15. The minimum atomic E-state index is -0.184. The average molecular weight is 319 g/mol. The van der Waals surface area contributed by atoms with Gasteiger partial charge in [0.1, 0.15) is 5.75 Å². The molecule has 2 aromatic rings. The predicted octanol–water partition coefficient (Wildman–Crippen LogP) is 3.39. The molecule has 0 atom stereocenters. The first-order valence-electron chi connectivity index (χ1n) is 7.06. The van der Waals surface area contributed by atoms with Crippen LogP contribution in [0.4, 0.5) is 4.79 Å². The Morgan fingerprint density at radius 1 is 1.09 bits per heavy atom. The van der Waals surface area contributed by atoms with Gasteiger partial charge in [0.2, 0.25) is 0 Å². The lowest BCUT2D eigenvalue weighted by Gasteiger charge is -2.09. The molecule has 116 valence electrons. The van der Waals surface area contributed by atoms with E-state index in [0.29, 0.717) is 18.1 Å². The molecule has 2 aromatic carbocycles. The molecule has 0 saturated carbocycles. The van der Waals surface area contributed by atoms with Crippen LogP contribution < -0.4 is 15.4 Å². The molecule has 0 spiro atoms. The topological polar surface area (TPSA) is 50.4 Å². The van der Waals surface area contributed by atoms with E-state index in [1.54, 1.807) is 7.11 Å². The zero-order valence-electron chi connectivity index (χ0n) is 12.4. The fraction of sp³-hybridized carbons (Fsp3) is 0.235. The number of halogens is 1. The molecule has 0 unspecified atom stereocenters. The van der Waals surface area contributed by atoms with Crippen LogP contribution in [-0.4, -0.2) is 19.7 Å². The molecule has 0 saturated heterocycles. The number of amides is 2. The van der Waals surface area contributed by atoms with E-state index in [4.69, 9.17) is 16.3 Å². The van der Waals surface area contributed by atoms with E-state index in [-0.39, 0.29) is 6.03 Å². The number of hydrogen-bond acceptors (Lipinski definition) is 2. The maximum absolute atomic E-state index is 11.7. The lowest BCUT2D eigenvalue weighted by atomic mass is 10.1. The van der Waals surface area contributed by atoms with Gasteiger partial charge in [0.15, 0.2) is 0 Å². The van der Waals surface area contributed by atoms with Gasteiger partial charge in [0.05, 0.1) is 7.11 Å². The van der Waals surface area contributed by atoms with Crippen LogP contribution in [0.2, 0.25) is 5.02 Å². The summed E-state index contributed by atoms with van der Waals surface area (Å²) in [4.78, 5) is 11.7. The summed E-state index contributed by atoms with van der Waals surface area (Å²) in [6.45, 7) is 1.04. The molecule has 0 aliphatic carbocycles. The maximum atomic E-state index is 11.7. The van der Waals surface area contributed by atoms with Gasteiger partial charge in [-0.15, -0.1) is 0 Å². The highest BCUT2D eigenvalue weighted by Crippen LogP contribution is 2.12. The summed E-state index contributed by atoms with van der Waals surface area (Å²) >= 11 is 5.83. The number of urea groups is 1. The number of ether oxygens (including phenoxy) is 1. The number of nitrogens with one attached hydrogen (secondary N) is 2. The van der Waals surface area contributed by atoms with Gasteiger partial charge in [-0.1, -0.05) is 35.9 Å². The van der Waals surface area contributed by atoms with Crippen LogP contribution in [0.25, 0.3) is 0 Å². The van der Waals surface area contributed by atoms with Crippen molar-refractivity contribution in [3.8, 4) is 5.75 Å². The first-order chi connectivity index (χ1) is 10.7. The van der Waals surface area contributed by atoms with Crippen molar-refractivity contribution in [3.05, 3.63) is 64.7 Å². The first kappa shape index (κ1) is 16.2. The molecule has 4 nitrogen and oxygen atoms in total. The van der Waals surface area contributed by atoms with Gasteiger partial charge in [-0.05, 0) is 41.8 Å². The summed E-state index contributed by atoms with van der Waals surface area (Å²) in [5, 5.41) is 6.36. The van der Waals surface area contributed by atoms with E-state index in [1.807, 2.05) is 48.5 Å². The largest absolute Gasteiger partial charge is 0.497 e. The minimum Gasteiger partial charge on any atom is -0.497 e. The molecule has 22 heavy (non-hydrogen) atoms. The molecule has 2 rings (SSSR count). The molecule has 2 N–H and O–H groups in total. The van der Waals surface area contributed by atoms with Crippen molar-refractivity contribution in [2.45, 2.75) is 13.0 Å². The molecule has 5 heteroatoms. The van der Waals surface area contributed by atoms with Crippen molar-refractivity contribution < 1.29 is 9.53 Å². The molecule has 0 aromatic heterocycles. The van der Waals surface area contributed by atoms with Crippen LogP contribution in [0.5, 0.6) is 5.75 Å². The zero-order valence-corrected chi connectivity index (χ0v) is 13.2. The fourth-order valence-electron chi connectivity index (χ4n) is 2.00. The summed E-state index contributed by atoms with van der Waals surface area (Å²) in [6.07, 6.45) is 0.768. The fourth-order valence-corrected chi connectivity index (χ4v) is 2.12. The van der Waals surface area contributed by atoms with Gasteiger partial charge < -0.3 is 15.4 Å². The molecule has 0 aliphatic heterocycles. The van der Waals surface area contributed by atoms with Crippen molar-refractivity contribution in [1.82, 2.24) is 10.6 Å². The van der Waals surface area contributed by atoms with Crippen molar-refractivity contribution in [3.63, 3.8) is 0 Å². The van der Waals surface area contributed by atoms with E-state index in [0.717, 1.165) is 23.3 Å². The Bertz CT molecular complexity index is 614. The Labute approximate surface area is 135 Å². The van der Waals surface area contributed by atoms with Crippen molar-refractivity contribution in [2.24, 2.45) is 0 Å². The molecule has 2 amide bonds. The molecular weight excluding hydrogens is 300 g/mol. The Hall–Kier alpha value is -2.20. The molecule has 0 bridgehead atoms. The van der Waals surface area contributed by atoms with Crippen molar-refractivity contribution in [1.29, 1.82) is 0 Å². The number of hydrogen-bond donors (Lipinski definition) is 2. The summed E-state index contributed by atoms with van der Waals surface area (Å²) in [7, 11) is 1.62. The minimum absolute atomic E-state index is 0.184. The quantitative estimate of drug-likeness (QED) is 0.857. The number of carbonyl (C=O) groups excluding carboxylic acids is 1. The SMILES string of the molecule is COc1cccc(CNC(=O)NCCc2ccc(Cl)cc2)c1. The number of benzene rings is 2. The molecular formula is C17H19ClN2O2. The van der Waals surface area contributed by atoms with Crippen LogP contribution in [0.15, 0.2) is 48.5 Å². The van der Waals surface area contributed by atoms with Crippen LogP contribution >= 0.6 is 11.6 Å². The second-order valence-corrected chi connectivity index (χ2v) is 5.27. The van der Waals surface area contributed by atoms with E-state index in [1.165, 1.54) is 0 Å². The number of rotatable bonds is 6. The van der Waals surface area contributed by atoms with E-state index in [9.17, 15) is 4.79 Å². The Morgan fingerprint density at radius 2 is 1.86 bits per heavy atom. The summed E-state index contributed by atoms with van der Waals surface area (Å²) in [5.74, 6) is 0.780. The second kappa shape index (κ2) is 8.29. The average Bonchev–Trinajstić information content (AvgIpc) is 2.55. The lowest BCUT2D eigenvalue weighted by molar-refractivity contribution is 0.240. The van der Waals surface area contributed by atoms with Crippen LogP contribution in [0.1, 0.15) is 11.1 Å². The van der Waals surface area contributed by atoms with Gasteiger partial charge in [0.25, 0.3) is 0 Å². The first-order valence-corrected chi connectivity index (χ1v) is 7.44. The lowest BCUT2D eigenvalue weighted by Crippen LogP contribution is -2.36. The number of carbonyl (C=O) groups is 1. The van der Waals surface area contributed by atoms with Crippen LogP contribution in [0, 0.1) is 0 Å². The summed E-state index contributed by atoms with van der Waals surface area (Å²) in [5.41, 5.74) is 2.13. The Kier molecular flexibility index (Phi) is 6.10. The van der Waals surface area contributed by atoms with E-state index in [2.05, 4.69) is 10.6 Å². The predicted molar refractivity (Wildman–Crippen MR) is 88.4 cm³/mol. The highest BCUT2D eigenvalue weighted by molar-refractivity contribution is 6.30. The van der Waals surface area contributed by atoms with Gasteiger partial charge in [-0.25, -0.2) is 4.79 Å². The van der Waals surface area contributed by atoms with Crippen LogP contribution in [0.3, 0.4) is 0 Å². The Morgan fingerprint density at radius 3 is 2.59 bits per heavy atom. The standard InChI is InChI=1S/C17H19ClN2O2/c1-22-16-4-2-3-14(11-16)12-20-17(21)19-10-9-13-5-7-15(18)8-6-13/h2-8,11H,9-10,12H2,1H3,(H2,19,20,21). The highest BCUT2D eigenvalue weighted by atomic mass is 35.5. The van der Waals surface area contributed by atoms with E-state index < -0.39 is 0 Å². The van der Waals surface area contributed by atoms with Crippen molar-refractivity contribution >= 4 is 17.6 Å². The number of methoxy groups -OCH3 is 1. The third-order valence-electron chi connectivity index (χ3n) is 3.20. The van der Waals surface area contributed by atoms with Gasteiger partial charge >= 0.3 is 6.03 Å².